The lowest BCUT2D eigenvalue weighted by Gasteiger charge is -2.18. The highest BCUT2D eigenvalue weighted by molar-refractivity contribution is 5.57. The van der Waals surface area contributed by atoms with Gasteiger partial charge in [-0.05, 0) is 41.5 Å². The summed E-state index contributed by atoms with van der Waals surface area (Å²) in [6.07, 6.45) is 2.09. The average Bonchev–Trinajstić information content (AvgIpc) is 3.39. The summed E-state index contributed by atoms with van der Waals surface area (Å²) in [5.74, 6) is 3.20. The van der Waals surface area contributed by atoms with Gasteiger partial charge < -0.3 is 28.8 Å². The topological polar surface area (TPSA) is 53.9 Å². The smallest absolute Gasteiger partial charge is 0.231 e. The zero-order chi connectivity index (χ0) is 17.1. The number of hydrogen-bond acceptors (Lipinski definition) is 5. The van der Waals surface area contributed by atoms with Crippen LogP contribution in [0.25, 0.3) is 5.69 Å². The molecule has 1 N–H and O–H groups in total. The highest BCUT2D eigenvalue weighted by Gasteiger charge is 2.27. The Hall–Kier alpha value is -3.12. The first kappa shape index (κ1) is 14.1. The number of rotatable bonds is 1. The lowest BCUT2D eigenvalue weighted by Crippen LogP contribution is -2.21. The molecule has 0 fully saturated rings. The van der Waals surface area contributed by atoms with E-state index in [1.807, 2.05) is 6.07 Å². The predicted octanol–water partition coefficient (Wildman–Crippen LogP) is 3.13. The molecule has 0 saturated heterocycles. The fraction of sp³-hybridized carbons (Fsp3) is 0.200. The Morgan fingerprint density at radius 2 is 1.62 bits per heavy atom. The molecule has 3 aromatic rings. The maximum absolute atomic E-state index is 5.57. The van der Waals surface area contributed by atoms with E-state index in [-0.39, 0.29) is 19.6 Å². The molecule has 26 heavy (non-hydrogen) atoms. The summed E-state index contributed by atoms with van der Waals surface area (Å²) < 4.78 is 24.3. The second-order valence-corrected chi connectivity index (χ2v) is 6.56. The Balaban J connectivity index is 1.48. The summed E-state index contributed by atoms with van der Waals surface area (Å²) in [6, 6.07) is 14.5. The number of hydrogen-bond donors (Lipinski definition) is 1. The maximum atomic E-state index is 5.57. The summed E-state index contributed by atoms with van der Waals surface area (Å²) in [4.78, 5) is 0. The summed E-state index contributed by atoms with van der Waals surface area (Å²) in [7, 11) is 0. The standard InChI is InChI=1S/C20H16N2O4/c1-2-14-20(12-3-4-16-17(6-12)24-10-23-16)21-9-13-7-18-19(26-11-25-18)8-15(13)22(14)5-1/h1-8,20-21H,9-11H2/t20-/m0/s1. The predicted molar refractivity (Wildman–Crippen MR) is 93.1 cm³/mol. The molecule has 4 heterocycles. The lowest BCUT2D eigenvalue weighted by atomic mass is 10.0. The van der Waals surface area contributed by atoms with Gasteiger partial charge in [0, 0.05) is 24.5 Å². The third-order valence-electron chi connectivity index (χ3n) is 5.14. The second-order valence-electron chi connectivity index (χ2n) is 6.56. The normalized spacial score (nSPS) is 19.0. The molecule has 0 unspecified atom stereocenters. The fourth-order valence-electron chi connectivity index (χ4n) is 3.89. The van der Waals surface area contributed by atoms with Crippen LogP contribution in [0.2, 0.25) is 0 Å². The second kappa shape index (κ2) is 5.19. The Labute approximate surface area is 149 Å². The minimum atomic E-state index is 0.0450. The van der Waals surface area contributed by atoms with Crippen molar-refractivity contribution in [3.05, 3.63) is 65.5 Å². The zero-order valence-corrected chi connectivity index (χ0v) is 13.9. The molecule has 3 aliphatic heterocycles. The molecule has 6 nitrogen and oxygen atoms in total. The fourth-order valence-corrected chi connectivity index (χ4v) is 3.89. The lowest BCUT2D eigenvalue weighted by molar-refractivity contribution is 0.173. The molecule has 0 radical (unpaired) electrons. The molecule has 6 rings (SSSR count). The summed E-state index contributed by atoms with van der Waals surface area (Å²) >= 11 is 0. The van der Waals surface area contributed by atoms with E-state index < -0.39 is 0 Å². The Bertz CT molecular complexity index is 1030. The Morgan fingerprint density at radius 3 is 2.50 bits per heavy atom. The quantitative estimate of drug-likeness (QED) is 0.732. The number of benzene rings is 2. The van der Waals surface area contributed by atoms with Crippen LogP contribution >= 0.6 is 0 Å². The molecule has 130 valence electrons. The van der Waals surface area contributed by atoms with E-state index in [2.05, 4.69) is 52.5 Å². The highest BCUT2D eigenvalue weighted by Crippen LogP contribution is 2.41. The molecule has 0 spiro atoms. The van der Waals surface area contributed by atoms with Gasteiger partial charge in [-0.3, -0.25) is 0 Å². The van der Waals surface area contributed by atoms with Crippen LogP contribution in [-0.4, -0.2) is 18.2 Å². The van der Waals surface area contributed by atoms with Gasteiger partial charge in [0.15, 0.2) is 23.0 Å². The van der Waals surface area contributed by atoms with Crippen molar-refractivity contribution in [3.63, 3.8) is 0 Å². The van der Waals surface area contributed by atoms with Gasteiger partial charge in [-0.2, -0.15) is 0 Å². The molecule has 1 atom stereocenters. The van der Waals surface area contributed by atoms with Gasteiger partial charge in [0.05, 0.1) is 11.7 Å². The monoisotopic (exact) mass is 348 g/mol. The van der Waals surface area contributed by atoms with Crippen LogP contribution in [0.3, 0.4) is 0 Å². The van der Waals surface area contributed by atoms with Gasteiger partial charge in [0.1, 0.15) is 0 Å². The third-order valence-corrected chi connectivity index (χ3v) is 5.14. The van der Waals surface area contributed by atoms with Crippen LogP contribution in [0.15, 0.2) is 48.7 Å². The van der Waals surface area contributed by atoms with Gasteiger partial charge in [-0.25, -0.2) is 0 Å². The van der Waals surface area contributed by atoms with E-state index in [1.54, 1.807) is 0 Å². The van der Waals surface area contributed by atoms with Crippen molar-refractivity contribution in [2.45, 2.75) is 12.6 Å². The molecule has 0 amide bonds. The van der Waals surface area contributed by atoms with Crippen LogP contribution in [0.4, 0.5) is 0 Å². The van der Waals surface area contributed by atoms with Gasteiger partial charge >= 0.3 is 0 Å². The van der Waals surface area contributed by atoms with E-state index in [1.165, 1.54) is 11.3 Å². The van der Waals surface area contributed by atoms with Crippen molar-refractivity contribution in [1.29, 1.82) is 0 Å². The first-order valence-electron chi connectivity index (χ1n) is 8.60. The van der Waals surface area contributed by atoms with Crippen molar-refractivity contribution in [1.82, 2.24) is 9.88 Å². The van der Waals surface area contributed by atoms with Crippen LogP contribution in [0, 0.1) is 0 Å². The maximum Gasteiger partial charge on any atom is 0.231 e. The molecule has 1 aromatic heterocycles. The zero-order valence-electron chi connectivity index (χ0n) is 13.9. The van der Waals surface area contributed by atoms with E-state index in [0.717, 1.165) is 40.8 Å². The molecule has 6 heteroatoms. The van der Waals surface area contributed by atoms with Gasteiger partial charge in [-0.1, -0.05) is 6.07 Å². The van der Waals surface area contributed by atoms with Crippen molar-refractivity contribution in [2.75, 3.05) is 13.6 Å². The van der Waals surface area contributed by atoms with Crippen LogP contribution in [-0.2, 0) is 6.54 Å². The minimum absolute atomic E-state index is 0.0450. The Morgan fingerprint density at radius 1 is 0.846 bits per heavy atom. The largest absolute Gasteiger partial charge is 0.454 e. The number of ether oxygens (including phenoxy) is 4. The average molecular weight is 348 g/mol. The van der Waals surface area contributed by atoms with E-state index in [9.17, 15) is 0 Å². The number of aromatic nitrogens is 1. The number of nitrogens with zero attached hydrogens (tertiary/aromatic N) is 1. The molecule has 0 bridgehead atoms. The van der Waals surface area contributed by atoms with Crippen molar-refractivity contribution in [3.8, 4) is 28.7 Å². The molecule has 0 saturated carbocycles. The molecular weight excluding hydrogens is 332 g/mol. The van der Waals surface area contributed by atoms with Crippen molar-refractivity contribution < 1.29 is 18.9 Å². The first-order chi connectivity index (χ1) is 12.9. The van der Waals surface area contributed by atoms with Crippen LogP contribution in [0.1, 0.15) is 22.9 Å². The van der Waals surface area contributed by atoms with Gasteiger partial charge in [0.25, 0.3) is 0 Å². The first-order valence-corrected chi connectivity index (χ1v) is 8.60. The summed E-state index contributed by atoms with van der Waals surface area (Å²) in [5.41, 5.74) is 4.60. The highest BCUT2D eigenvalue weighted by atomic mass is 16.7. The van der Waals surface area contributed by atoms with Crippen molar-refractivity contribution >= 4 is 0 Å². The van der Waals surface area contributed by atoms with E-state index in [4.69, 9.17) is 18.9 Å². The SMILES string of the molecule is c1cc2n(c1)-c1cc3c(cc1CN[C@H]2c1ccc2c(c1)OCO2)OCO3. The van der Waals surface area contributed by atoms with Crippen molar-refractivity contribution in [2.24, 2.45) is 0 Å². The number of nitrogens with one attached hydrogen (secondary N) is 1. The van der Waals surface area contributed by atoms with E-state index >= 15 is 0 Å². The van der Waals surface area contributed by atoms with Gasteiger partial charge in [-0.15, -0.1) is 0 Å². The molecule has 3 aliphatic rings. The number of fused-ring (bicyclic) bond motifs is 5. The molecule has 0 aliphatic carbocycles. The Kier molecular flexibility index (Phi) is 2.81. The molecular formula is C20H16N2O4. The summed E-state index contributed by atoms with van der Waals surface area (Å²) in [5, 5.41) is 3.67. The van der Waals surface area contributed by atoms with Crippen LogP contribution in [0.5, 0.6) is 23.0 Å². The van der Waals surface area contributed by atoms with Crippen LogP contribution < -0.4 is 24.3 Å². The summed E-state index contributed by atoms with van der Waals surface area (Å²) in [6.45, 7) is 1.29. The minimum Gasteiger partial charge on any atom is -0.454 e. The van der Waals surface area contributed by atoms with E-state index in [0.29, 0.717) is 0 Å². The molecule has 2 aromatic carbocycles. The third kappa shape index (κ3) is 1.96. The van der Waals surface area contributed by atoms with Gasteiger partial charge in [0.2, 0.25) is 13.6 Å².